The summed E-state index contributed by atoms with van der Waals surface area (Å²) in [6.45, 7) is 6.69. The average molecular weight is 323 g/mol. The number of likely N-dealkylation sites (tertiary alicyclic amines) is 1. The molecule has 1 aliphatic rings. The van der Waals surface area contributed by atoms with Gasteiger partial charge >= 0.3 is 0 Å². The van der Waals surface area contributed by atoms with Gasteiger partial charge in [0.2, 0.25) is 0 Å². The van der Waals surface area contributed by atoms with Gasteiger partial charge in [-0.05, 0) is 69.3 Å². The Balaban J connectivity index is 1.32. The van der Waals surface area contributed by atoms with E-state index in [0.29, 0.717) is 0 Å². The van der Waals surface area contributed by atoms with E-state index in [1.807, 2.05) is 30.3 Å². The Morgan fingerprint density at radius 1 is 1.00 bits per heavy atom. The van der Waals surface area contributed by atoms with Crippen LogP contribution < -0.4 is 4.74 Å². The minimum absolute atomic E-state index is 0.823. The van der Waals surface area contributed by atoms with Gasteiger partial charge in [-0.1, -0.05) is 48.0 Å². The number of piperidine rings is 1. The standard InChI is InChI=1S/C22H29NO/c1-19-6-5-7-21(18-19)12-16-23-14-10-20(11-15-23)13-17-24-22-8-3-2-4-9-22/h2-9,18,20H,10-17H2,1H3. The van der Waals surface area contributed by atoms with E-state index in [2.05, 4.69) is 36.1 Å². The molecule has 0 spiro atoms. The van der Waals surface area contributed by atoms with E-state index in [9.17, 15) is 0 Å². The van der Waals surface area contributed by atoms with Gasteiger partial charge < -0.3 is 9.64 Å². The molecule has 0 saturated carbocycles. The van der Waals surface area contributed by atoms with Crippen molar-refractivity contribution in [2.75, 3.05) is 26.2 Å². The Labute approximate surface area is 146 Å². The van der Waals surface area contributed by atoms with Crippen LogP contribution in [0.4, 0.5) is 0 Å². The molecule has 0 aliphatic carbocycles. The van der Waals surface area contributed by atoms with E-state index in [-0.39, 0.29) is 0 Å². The van der Waals surface area contributed by atoms with Crippen LogP contribution in [0.15, 0.2) is 54.6 Å². The van der Waals surface area contributed by atoms with Crippen LogP contribution in [0.2, 0.25) is 0 Å². The Hall–Kier alpha value is -1.80. The smallest absolute Gasteiger partial charge is 0.119 e. The Bertz CT molecular complexity index is 602. The molecule has 2 aromatic rings. The van der Waals surface area contributed by atoms with Crippen molar-refractivity contribution in [2.24, 2.45) is 5.92 Å². The van der Waals surface area contributed by atoms with Crippen LogP contribution in [0, 0.1) is 12.8 Å². The summed E-state index contributed by atoms with van der Waals surface area (Å²) in [7, 11) is 0. The summed E-state index contributed by atoms with van der Waals surface area (Å²) in [5.41, 5.74) is 2.83. The molecule has 2 nitrogen and oxygen atoms in total. The van der Waals surface area contributed by atoms with E-state index in [4.69, 9.17) is 4.74 Å². The van der Waals surface area contributed by atoms with Crippen LogP contribution in [-0.4, -0.2) is 31.1 Å². The van der Waals surface area contributed by atoms with Gasteiger partial charge in [0.05, 0.1) is 6.61 Å². The third-order valence-electron chi connectivity index (χ3n) is 5.04. The SMILES string of the molecule is Cc1cccc(CCN2CCC(CCOc3ccccc3)CC2)c1. The summed E-state index contributed by atoms with van der Waals surface area (Å²) in [4.78, 5) is 2.62. The molecule has 1 aliphatic heterocycles. The summed E-state index contributed by atoms with van der Waals surface area (Å²) < 4.78 is 5.84. The van der Waals surface area contributed by atoms with Crippen molar-refractivity contribution in [3.05, 3.63) is 65.7 Å². The minimum atomic E-state index is 0.823. The lowest BCUT2D eigenvalue weighted by atomic mass is 9.93. The number of aryl methyl sites for hydroxylation is 1. The highest BCUT2D eigenvalue weighted by Gasteiger charge is 2.18. The maximum absolute atomic E-state index is 5.84. The number of benzene rings is 2. The normalized spacial score (nSPS) is 16.2. The van der Waals surface area contributed by atoms with Gasteiger partial charge in [-0.2, -0.15) is 0 Å². The summed E-state index contributed by atoms with van der Waals surface area (Å²) >= 11 is 0. The predicted octanol–water partition coefficient (Wildman–Crippen LogP) is 4.72. The summed E-state index contributed by atoms with van der Waals surface area (Å²) in [5, 5.41) is 0. The highest BCUT2D eigenvalue weighted by atomic mass is 16.5. The molecular formula is C22H29NO. The summed E-state index contributed by atoms with van der Waals surface area (Å²) in [6, 6.07) is 19.1. The topological polar surface area (TPSA) is 12.5 Å². The lowest BCUT2D eigenvalue weighted by Gasteiger charge is -2.32. The second-order valence-electron chi connectivity index (χ2n) is 6.97. The van der Waals surface area contributed by atoms with Crippen molar-refractivity contribution in [1.29, 1.82) is 0 Å². The summed E-state index contributed by atoms with van der Waals surface area (Å²) in [5.74, 6) is 1.82. The Kier molecular flexibility index (Phi) is 6.31. The van der Waals surface area contributed by atoms with Gasteiger partial charge in [0.15, 0.2) is 0 Å². The van der Waals surface area contributed by atoms with E-state index in [0.717, 1.165) is 18.3 Å². The van der Waals surface area contributed by atoms with E-state index in [1.54, 1.807) is 0 Å². The molecule has 0 aromatic heterocycles. The third-order valence-corrected chi connectivity index (χ3v) is 5.04. The number of para-hydroxylation sites is 1. The fourth-order valence-electron chi connectivity index (χ4n) is 3.51. The van der Waals surface area contributed by atoms with Crippen LogP contribution in [-0.2, 0) is 6.42 Å². The van der Waals surface area contributed by atoms with Crippen LogP contribution >= 0.6 is 0 Å². The molecule has 2 heteroatoms. The van der Waals surface area contributed by atoms with E-state index in [1.165, 1.54) is 56.4 Å². The van der Waals surface area contributed by atoms with Crippen LogP contribution in [0.5, 0.6) is 5.75 Å². The van der Waals surface area contributed by atoms with E-state index < -0.39 is 0 Å². The number of hydrogen-bond acceptors (Lipinski definition) is 2. The first-order chi connectivity index (χ1) is 11.8. The van der Waals surface area contributed by atoms with Gasteiger partial charge in [-0.15, -0.1) is 0 Å². The zero-order valence-electron chi connectivity index (χ0n) is 14.8. The number of ether oxygens (including phenoxy) is 1. The molecule has 128 valence electrons. The fraction of sp³-hybridized carbons (Fsp3) is 0.455. The minimum Gasteiger partial charge on any atom is -0.494 e. The highest BCUT2D eigenvalue weighted by Crippen LogP contribution is 2.21. The maximum atomic E-state index is 5.84. The fourth-order valence-corrected chi connectivity index (χ4v) is 3.51. The molecule has 1 fully saturated rings. The molecule has 0 atom stereocenters. The largest absolute Gasteiger partial charge is 0.494 e. The second kappa shape index (κ2) is 8.89. The molecule has 0 amide bonds. The van der Waals surface area contributed by atoms with Crippen molar-refractivity contribution in [2.45, 2.75) is 32.6 Å². The van der Waals surface area contributed by atoms with Gasteiger partial charge in [0.25, 0.3) is 0 Å². The lowest BCUT2D eigenvalue weighted by molar-refractivity contribution is 0.164. The molecule has 3 rings (SSSR count). The molecule has 0 bridgehead atoms. The summed E-state index contributed by atoms with van der Waals surface area (Å²) in [6.07, 6.45) is 4.97. The average Bonchev–Trinajstić information content (AvgIpc) is 2.62. The molecule has 2 aromatic carbocycles. The van der Waals surface area contributed by atoms with Gasteiger partial charge in [-0.25, -0.2) is 0 Å². The number of rotatable bonds is 7. The van der Waals surface area contributed by atoms with Crippen LogP contribution in [0.3, 0.4) is 0 Å². The zero-order chi connectivity index (χ0) is 16.6. The molecule has 1 saturated heterocycles. The molecular weight excluding hydrogens is 294 g/mol. The quantitative estimate of drug-likeness (QED) is 0.731. The molecule has 1 heterocycles. The molecule has 24 heavy (non-hydrogen) atoms. The van der Waals surface area contributed by atoms with Crippen molar-refractivity contribution in [1.82, 2.24) is 4.90 Å². The molecule has 0 N–H and O–H groups in total. The lowest BCUT2D eigenvalue weighted by Crippen LogP contribution is -2.35. The van der Waals surface area contributed by atoms with Crippen molar-refractivity contribution in [3.8, 4) is 5.75 Å². The van der Waals surface area contributed by atoms with Gasteiger partial charge in [-0.3, -0.25) is 0 Å². The van der Waals surface area contributed by atoms with Crippen LogP contribution in [0.25, 0.3) is 0 Å². The zero-order valence-corrected chi connectivity index (χ0v) is 14.8. The predicted molar refractivity (Wildman–Crippen MR) is 101 cm³/mol. The van der Waals surface area contributed by atoms with Crippen molar-refractivity contribution in [3.63, 3.8) is 0 Å². The Morgan fingerprint density at radius 3 is 2.54 bits per heavy atom. The first-order valence-corrected chi connectivity index (χ1v) is 9.25. The Morgan fingerprint density at radius 2 is 1.79 bits per heavy atom. The van der Waals surface area contributed by atoms with Gasteiger partial charge in [0, 0.05) is 6.54 Å². The van der Waals surface area contributed by atoms with Crippen molar-refractivity contribution < 1.29 is 4.74 Å². The van der Waals surface area contributed by atoms with Crippen molar-refractivity contribution >= 4 is 0 Å². The second-order valence-corrected chi connectivity index (χ2v) is 6.97. The molecule has 0 radical (unpaired) electrons. The third kappa shape index (κ3) is 5.38. The maximum Gasteiger partial charge on any atom is 0.119 e. The van der Waals surface area contributed by atoms with Crippen LogP contribution in [0.1, 0.15) is 30.4 Å². The number of nitrogens with zero attached hydrogens (tertiary/aromatic N) is 1. The highest BCUT2D eigenvalue weighted by molar-refractivity contribution is 5.22. The first kappa shape index (κ1) is 17.0. The van der Waals surface area contributed by atoms with E-state index >= 15 is 0 Å². The van der Waals surface area contributed by atoms with Gasteiger partial charge in [0.1, 0.15) is 5.75 Å². The number of hydrogen-bond donors (Lipinski definition) is 0. The molecule has 0 unspecified atom stereocenters. The monoisotopic (exact) mass is 323 g/mol. The first-order valence-electron chi connectivity index (χ1n) is 9.25.